The van der Waals surface area contributed by atoms with Gasteiger partial charge in [-0.2, -0.15) is 0 Å². The summed E-state index contributed by atoms with van der Waals surface area (Å²) in [5.74, 6) is -0.356. The summed E-state index contributed by atoms with van der Waals surface area (Å²) in [5, 5.41) is 0. The predicted octanol–water partition coefficient (Wildman–Crippen LogP) is 4.42. The average Bonchev–Trinajstić information content (AvgIpc) is 2.39. The van der Waals surface area contributed by atoms with Crippen molar-refractivity contribution >= 4 is 39.2 Å². The van der Waals surface area contributed by atoms with Crippen LogP contribution in [0.3, 0.4) is 0 Å². The molecule has 0 aliphatic carbocycles. The Morgan fingerprint density at radius 3 is 1.50 bits per heavy atom. The van der Waals surface area contributed by atoms with Gasteiger partial charge in [0.2, 0.25) is 0 Å². The second-order valence-corrected chi connectivity index (χ2v) is 29.3. The molecule has 0 spiro atoms. The lowest BCUT2D eigenvalue weighted by Crippen LogP contribution is -2.64. The van der Waals surface area contributed by atoms with Gasteiger partial charge >= 0.3 is 5.97 Å². The zero-order chi connectivity index (χ0) is 22.1. The van der Waals surface area contributed by atoms with Gasteiger partial charge in [0.25, 0.3) is 0 Å². The van der Waals surface area contributed by atoms with Gasteiger partial charge in [-0.3, -0.25) is 0 Å². The zero-order valence-corrected chi connectivity index (χ0v) is 24.0. The standard InChI is InChI=1S/C18H42O6Si4/c1-25(2,3)20-13-14-15(22-26(4,5)6)16(23-27(7,8)9)17(18(19)21-14)24-28(10,11)12/h14-17H,13H2,1-12H3/t14?,15-,16?,17-/m1/s1. The minimum atomic E-state index is -2.00. The van der Waals surface area contributed by atoms with Crippen molar-refractivity contribution in [2.45, 2.75) is 103 Å². The Morgan fingerprint density at radius 1 is 0.679 bits per heavy atom. The largest absolute Gasteiger partial charge is 0.455 e. The molecule has 4 atom stereocenters. The average molecular weight is 467 g/mol. The van der Waals surface area contributed by atoms with Gasteiger partial charge in [0, 0.05) is 0 Å². The van der Waals surface area contributed by atoms with Crippen LogP contribution < -0.4 is 0 Å². The number of rotatable bonds is 9. The van der Waals surface area contributed by atoms with Crippen molar-refractivity contribution in [3.8, 4) is 0 Å². The number of cyclic esters (lactones) is 1. The van der Waals surface area contributed by atoms with Crippen molar-refractivity contribution in [3.05, 3.63) is 0 Å². The lowest BCUT2D eigenvalue weighted by Gasteiger charge is -2.47. The number of ether oxygens (including phenoxy) is 1. The molecule has 0 amide bonds. The van der Waals surface area contributed by atoms with E-state index in [4.69, 9.17) is 22.4 Å². The van der Waals surface area contributed by atoms with E-state index in [2.05, 4.69) is 78.6 Å². The molecule has 0 aromatic rings. The van der Waals surface area contributed by atoms with Crippen LogP contribution in [0, 0.1) is 0 Å². The summed E-state index contributed by atoms with van der Waals surface area (Å²) in [5.41, 5.74) is 0. The molecule has 1 aliphatic heterocycles. The van der Waals surface area contributed by atoms with Gasteiger partial charge in [0.05, 0.1) is 6.61 Å². The highest BCUT2D eigenvalue weighted by Gasteiger charge is 2.52. The van der Waals surface area contributed by atoms with Crippen molar-refractivity contribution in [1.82, 2.24) is 0 Å². The van der Waals surface area contributed by atoms with Gasteiger partial charge < -0.3 is 22.4 Å². The van der Waals surface area contributed by atoms with E-state index in [0.717, 1.165) is 0 Å². The van der Waals surface area contributed by atoms with E-state index in [9.17, 15) is 4.79 Å². The third-order valence-corrected chi connectivity index (χ3v) is 7.58. The second kappa shape index (κ2) is 9.12. The van der Waals surface area contributed by atoms with Gasteiger partial charge in [-0.25, -0.2) is 4.79 Å². The number of hydrogen-bond acceptors (Lipinski definition) is 6. The fourth-order valence-corrected chi connectivity index (χ4v) is 6.68. The van der Waals surface area contributed by atoms with Crippen molar-refractivity contribution in [3.63, 3.8) is 0 Å². The van der Waals surface area contributed by atoms with Gasteiger partial charge in [0.1, 0.15) is 12.2 Å². The number of esters is 1. The summed E-state index contributed by atoms with van der Waals surface area (Å²) < 4.78 is 31.2. The van der Waals surface area contributed by atoms with Crippen LogP contribution in [0.15, 0.2) is 0 Å². The van der Waals surface area contributed by atoms with Crippen molar-refractivity contribution < 1.29 is 27.2 Å². The van der Waals surface area contributed by atoms with Crippen molar-refractivity contribution in [2.24, 2.45) is 0 Å². The van der Waals surface area contributed by atoms with Gasteiger partial charge in [-0.15, -0.1) is 0 Å². The van der Waals surface area contributed by atoms with Crippen molar-refractivity contribution in [2.75, 3.05) is 6.61 Å². The molecular weight excluding hydrogens is 425 g/mol. The van der Waals surface area contributed by atoms with Crippen LogP contribution in [0.2, 0.25) is 78.6 Å². The molecule has 10 heteroatoms. The van der Waals surface area contributed by atoms with E-state index in [-0.39, 0.29) is 12.1 Å². The Morgan fingerprint density at radius 2 is 1.11 bits per heavy atom. The maximum Gasteiger partial charge on any atom is 0.337 e. The highest BCUT2D eigenvalue weighted by Crippen LogP contribution is 2.31. The lowest BCUT2D eigenvalue weighted by molar-refractivity contribution is -0.198. The topological polar surface area (TPSA) is 63.2 Å². The Bertz CT molecular complexity index is 530. The summed E-state index contributed by atoms with van der Waals surface area (Å²) >= 11 is 0. The maximum absolute atomic E-state index is 12.9. The molecule has 1 saturated heterocycles. The second-order valence-electron chi connectivity index (χ2n) is 11.4. The van der Waals surface area contributed by atoms with Crippen LogP contribution in [-0.4, -0.2) is 70.3 Å². The molecule has 166 valence electrons. The van der Waals surface area contributed by atoms with E-state index in [0.29, 0.717) is 6.61 Å². The fraction of sp³-hybridized carbons (Fsp3) is 0.944. The van der Waals surface area contributed by atoms with Crippen LogP contribution in [-0.2, 0) is 27.2 Å². The first-order valence-corrected chi connectivity index (χ1v) is 23.8. The first kappa shape index (κ1) is 26.2. The van der Waals surface area contributed by atoms with Gasteiger partial charge in [-0.1, -0.05) is 0 Å². The summed E-state index contributed by atoms with van der Waals surface area (Å²) in [7, 11) is -7.66. The molecule has 1 heterocycles. The summed E-state index contributed by atoms with van der Waals surface area (Å²) in [6, 6.07) is 0. The molecule has 0 saturated carbocycles. The van der Waals surface area contributed by atoms with Gasteiger partial charge in [-0.05, 0) is 78.6 Å². The SMILES string of the molecule is C[Si](C)(C)OCC1OC(=O)[C@H](O[Si](C)(C)C)C(O[Si](C)(C)C)[C@@H]1O[Si](C)(C)C. The van der Waals surface area contributed by atoms with Crippen LogP contribution >= 0.6 is 0 Å². The predicted molar refractivity (Wildman–Crippen MR) is 124 cm³/mol. The quantitative estimate of drug-likeness (QED) is 0.370. The molecule has 0 aromatic carbocycles. The molecule has 0 bridgehead atoms. The van der Waals surface area contributed by atoms with Crippen molar-refractivity contribution in [1.29, 1.82) is 0 Å². The summed E-state index contributed by atoms with van der Waals surface area (Å²) in [6.45, 7) is 25.7. The maximum atomic E-state index is 12.9. The molecule has 1 aliphatic rings. The number of carbonyl (C=O) groups is 1. The van der Waals surface area contributed by atoms with Crippen LogP contribution in [0.5, 0.6) is 0 Å². The Kier molecular flexibility index (Phi) is 8.54. The van der Waals surface area contributed by atoms with E-state index in [1.54, 1.807) is 0 Å². The first-order valence-electron chi connectivity index (χ1n) is 10.2. The normalized spacial score (nSPS) is 27.6. The van der Waals surface area contributed by atoms with E-state index < -0.39 is 51.6 Å². The lowest BCUT2D eigenvalue weighted by atomic mass is 10.0. The molecule has 1 rings (SSSR count). The number of carbonyl (C=O) groups excluding carboxylic acids is 1. The molecule has 28 heavy (non-hydrogen) atoms. The number of hydrogen-bond donors (Lipinski definition) is 0. The molecule has 2 unspecified atom stereocenters. The molecule has 0 aromatic heterocycles. The van der Waals surface area contributed by atoms with E-state index >= 15 is 0 Å². The highest BCUT2D eigenvalue weighted by atomic mass is 28.4. The van der Waals surface area contributed by atoms with Crippen LogP contribution in [0.25, 0.3) is 0 Å². The molecule has 6 nitrogen and oxygen atoms in total. The monoisotopic (exact) mass is 466 g/mol. The molecular formula is C18H42O6Si4. The molecule has 0 radical (unpaired) electrons. The smallest absolute Gasteiger partial charge is 0.337 e. The summed E-state index contributed by atoms with van der Waals surface area (Å²) in [6.07, 6.45) is -2.08. The zero-order valence-electron chi connectivity index (χ0n) is 20.0. The first-order chi connectivity index (χ1) is 12.3. The van der Waals surface area contributed by atoms with Gasteiger partial charge in [0.15, 0.2) is 45.5 Å². The van der Waals surface area contributed by atoms with E-state index in [1.807, 2.05) is 0 Å². The third kappa shape index (κ3) is 9.79. The molecule has 0 N–H and O–H groups in total. The Hall–Kier alpha value is 0.178. The Balaban J connectivity index is 3.28. The minimum Gasteiger partial charge on any atom is -0.455 e. The van der Waals surface area contributed by atoms with Crippen LogP contribution in [0.1, 0.15) is 0 Å². The van der Waals surface area contributed by atoms with Crippen LogP contribution in [0.4, 0.5) is 0 Å². The fourth-order valence-electron chi connectivity index (χ4n) is 2.85. The third-order valence-electron chi connectivity index (χ3n) is 3.63. The Labute approximate surface area is 176 Å². The van der Waals surface area contributed by atoms with E-state index in [1.165, 1.54) is 0 Å². The highest BCUT2D eigenvalue weighted by molar-refractivity contribution is 6.71. The molecule has 1 fully saturated rings. The summed E-state index contributed by atoms with van der Waals surface area (Å²) in [4.78, 5) is 12.9. The minimum absolute atomic E-state index is 0.335.